The molecular weight excluding hydrogens is 235 g/mol. The van der Waals surface area contributed by atoms with E-state index < -0.39 is 18.0 Å². The number of nitrogens with one attached hydrogen (secondary N) is 1. The number of carbonyl (C=O) groups is 1. The fourth-order valence-electron chi connectivity index (χ4n) is 1.45. The van der Waals surface area contributed by atoms with E-state index >= 15 is 0 Å². The van der Waals surface area contributed by atoms with Gasteiger partial charge in [0.25, 0.3) is 0 Å². The minimum absolute atomic E-state index is 0.142. The lowest BCUT2D eigenvalue weighted by Gasteiger charge is -2.19. The predicted molar refractivity (Wildman–Crippen MR) is 55.9 cm³/mol. The summed E-state index contributed by atoms with van der Waals surface area (Å²) in [6.07, 6.45) is -4.63. The molecule has 1 atom stereocenters. The number of methoxy groups -OCH3 is 1. The molecular formula is C11H12F3NO2. The lowest BCUT2D eigenvalue weighted by atomic mass is 9.97. The van der Waals surface area contributed by atoms with Crippen LogP contribution in [0.25, 0.3) is 0 Å². The van der Waals surface area contributed by atoms with E-state index in [1.54, 1.807) is 0 Å². The SMILES string of the molecule is CNC(=O)C(c1cccc(OC)c1)C(F)(F)F. The number of ether oxygens (including phenoxy) is 1. The second-order valence-corrected chi connectivity index (χ2v) is 3.37. The van der Waals surface area contributed by atoms with Crippen LogP contribution in [0.2, 0.25) is 0 Å². The Morgan fingerprint density at radius 1 is 1.41 bits per heavy atom. The lowest BCUT2D eigenvalue weighted by molar-refractivity contribution is -0.164. The quantitative estimate of drug-likeness (QED) is 0.888. The molecule has 0 aliphatic rings. The fraction of sp³-hybridized carbons (Fsp3) is 0.364. The van der Waals surface area contributed by atoms with Crippen molar-refractivity contribution in [2.24, 2.45) is 0 Å². The highest BCUT2D eigenvalue weighted by atomic mass is 19.4. The summed E-state index contributed by atoms with van der Waals surface area (Å²) in [4.78, 5) is 11.3. The zero-order valence-corrected chi connectivity index (χ0v) is 9.34. The molecule has 0 aromatic heterocycles. The number of amides is 1. The van der Waals surface area contributed by atoms with Crippen molar-refractivity contribution in [3.8, 4) is 5.75 Å². The fourth-order valence-corrected chi connectivity index (χ4v) is 1.45. The first kappa shape index (κ1) is 13.3. The highest BCUT2D eigenvalue weighted by molar-refractivity contribution is 5.84. The Kier molecular flexibility index (Phi) is 3.98. The molecule has 0 saturated heterocycles. The molecule has 1 unspecified atom stereocenters. The number of hydrogen-bond donors (Lipinski definition) is 1. The maximum atomic E-state index is 12.8. The van der Waals surface area contributed by atoms with Gasteiger partial charge in [-0.05, 0) is 17.7 Å². The number of carbonyl (C=O) groups excluding carboxylic acids is 1. The van der Waals surface area contributed by atoms with Crippen LogP contribution >= 0.6 is 0 Å². The topological polar surface area (TPSA) is 38.3 Å². The number of likely N-dealkylation sites (N-methyl/N-ethyl adjacent to an activating group) is 1. The zero-order valence-electron chi connectivity index (χ0n) is 9.34. The normalized spacial score (nSPS) is 13.0. The Balaban J connectivity index is 3.17. The predicted octanol–water partition coefficient (Wildman–Crippen LogP) is 2.09. The Hall–Kier alpha value is -1.72. The molecule has 0 heterocycles. The molecule has 6 heteroatoms. The molecule has 0 saturated carbocycles. The summed E-state index contributed by atoms with van der Waals surface area (Å²) in [6, 6.07) is 5.37. The summed E-state index contributed by atoms with van der Waals surface area (Å²) in [5, 5.41) is 2.01. The van der Waals surface area contributed by atoms with Crippen molar-refractivity contribution in [3.63, 3.8) is 0 Å². The van der Waals surface area contributed by atoms with E-state index in [1.165, 1.54) is 38.4 Å². The van der Waals surface area contributed by atoms with Gasteiger partial charge in [-0.2, -0.15) is 13.2 Å². The van der Waals surface area contributed by atoms with Gasteiger partial charge in [-0.15, -0.1) is 0 Å². The Morgan fingerprint density at radius 3 is 2.53 bits per heavy atom. The monoisotopic (exact) mass is 247 g/mol. The van der Waals surface area contributed by atoms with Gasteiger partial charge in [0.1, 0.15) is 5.75 Å². The van der Waals surface area contributed by atoms with Gasteiger partial charge in [0, 0.05) is 7.05 Å². The van der Waals surface area contributed by atoms with E-state index in [0.29, 0.717) is 0 Å². The molecule has 3 nitrogen and oxygen atoms in total. The van der Waals surface area contributed by atoms with Gasteiger partial charge in [0.05, 0.1) is 7.11 Å². The summed E-state index contributed by atoms with van der Waals surface area (Å²) in [5.74, 6) is -2.99. The first-order chi connectivity index (χ1) is 7.90. The summed E-state index contributed by atoms with van der Waals surface area (Å²) in [5.41, 5.74) is -0.142. The third-order valence-corrected chi connectivity index (χ3v) is 2.26. The molecule has 94 valence electrons. The Bertz CT molecular complexity index is 404. The largest absolute Gasteiger partial charge is 0.497 e. The summed E-state index contributed by atoms with van der Waals surface area (Å²) >= 11 is 0. The maximum Gasteiger partial charge on any atom is 0.404 e. The van der Waals surface area contributed by atoms with Crippen LogP contribution in [0.15, 0.2) is 24.3 Å². The number of rotatable bonds is 3. The van der Waals surface area contributed by atoms with Gasteiger partial charge in [-0.25, -0.2) is 0 Å². The Labute approximate surface area is 96.6 Å². The molecule has 0 bridgehead atoms. The molecule has 1 aromatic rings. The van der Waals surface area contributed by atoms with Gasteiger partial charge in [0.2, 0.25) is 5.91 Å². The number of halogens is 3. The molecule has 1 amide bonds. The zero-order chi connectivity index (χ0) is 13.1. The number of hydrogen-bond acceptors (Lipinski definition) is 2. The molecule has 0 spiro atoms. The van der Waals surface area contributed by atoms with Crippen LogP contribution in [0.4, 0.5) is 13.2 Å². The van der Waals surface area contributed by atoms with Gasteiger partial charge in [-0.1, -0.05) is 12.1 Å². The smallest absolute Gasteiger partial charge is 0.404 e. The molecule has 0 radical (unpaired) electrons. The van der Waals surface area contributed by atoms with Crippen LogP contribution in [0.3, 0.4) is 0 Å². The van der Waals surface area contributed by atoms with E-state index in [4.69, 9.17) is 4.74 Å². The van der Waals surface area contributed by atoms with Crippen molar-refractivity contribution >= 4 is 5.91 Å². The minimum atomic E-state index is -4.63. The molecule has 1 rings (SSSR count). The van der Waals surface area contributed by atoms with E-state index in [9.17, 15) is 18.0 Å². The highest BCUT2D eigenvalue weighted by Gasteiger charge is 2.45. The second-order valence-electron chi connectivity index (χ2n) is 3.37. The van der Waals surface area contributed by atoms with E-state index in [-0.39, 0.29) is 11.3 Å². The standard InChI is InChI=1S/C11H12F3NO2/c1-15-10(16)9(11(12,13)14)7-4-3-5-8(6-7)17-2/h3-6,9H,1-2H3,(H,15,16). The van der Waals surface area contributed by atoms with Crippen molar-refractivity contribution in [2.75, 3.05) is 14.2 Å². The van der Waals surface area contributed by atoms with Crippen LogP contribution in [0.5, 0.6) is 5.75 Å². The first-order valence-corrected chi connectivity index (χ1v) is 4.82. The van der Waals surface area contributed by atoms with E-state index in [1.807, 2.05) is 5.32 Å². The average Bonchev–Trinajstić information content (AvgIpc) is 2.27. The molecule has 17 heavy (non-hydrogen) atoms. The third kappa shape index (κ3) is 3.12. The van der Waals surface area contributed by atoms with Crippen LogP contribution in [-0.2, 0) is 4.79 Å². The van der Waals surface area contributed by atoms with Crippen molar-refractivity contribution in [3.05, 3.63) is 29.8 Å². The van der Waals surface area contributed by atoms with E-state index in [2.05, 4.69) is 0 Å². The van der Waals surface area contributed by atoms with Crippen molar-refractivity contribution in [2.45, 2.75) is 12.1 Å². The average molecular weight is 247 g/mol. The first-order valence-electron chi connectivity index (χ1n) is 4.82. The molecule has 0 aliphatic carbocycles. The summed E-state index contributed by atoms with van der Waals surface area (Å²) in [7, 11) is 2.52. The Morgan fingerprint density at radius 2 is 2.06 bits per heavy atom. The number of alkyl halides is 3. The second kappa shape index (κ2) is 5.07. The molecule has 0 aliphatic heterocycles. The van der Waals surface area contributed by atoms with Crippen LogP contribution in [0.1, 0.15) is 11.5 Å². The minimum Gasteiger partial charge on any atom is -0.497 e. The van der Waals surface area contributed by atoms with Crippen LogP contribution < -0.4 is 10.1 Å². The van der Waals surface area contributed by atoms with Crippen molar-refractivity contribution in [1.82, 2.24) is 5.32 Å². The van der Waals surface area contributed by atoms with Gasteiger partial charge in [-0.3, -0.25) is 4.79 Å². The van der Waals surface area contributed by atoms with Crippen LogP contribution in [0, 0.1) is 0 Å². The van der Waals surface area contributed by atoms with E-state index in [0.717, 1.165) is 0 Å². The summed E-state index contributed by atoms with van der Waals surface area (Å²) in [6.45, 7) is 0. The molecule has 0 fully saturated rings. The molecule has 1 aromatic carbocycles. The number of benzene rings is 1. The van der Waals surface area contributed by atoms with Gasteiger partial charge < -0.3 is 10.1 Å². The highest BCUT2D eigenvalue weighted by Crippen LogP contribution is 2.36. The van der Waals surface area contributed by atoms with Crippen molar-refractivity contribution < 1.29 is 22.7 Å². The van der Waals surface area contributed by atoms with Gasteiger partial charge in [0.15, 0.2) is 5.92 Å². The van der Waals surface area contributed by atoms with Crippen molar-refractivity contribution in [1.29, 1.82) is 0 Å². The lowest BCUT2D eigenvalue weighted by Crippen LogP contribution is -2.35. The molecule has 1 N–H and O–H groups in total. The van der Waals surface area contributed by atoms with Gasteiger partial charge >= 0.3 is 6.18 Å². The maximum absolute atomic E-state index is 12.8. The summed E-state index contributed by atoms with van der Waals surface area (Å²) < 4.78 is 43.2. The van der Waals surface area contributed by atoms with Crippen LogP contribution in [-0.4, -0.2) is 26.2 Å². The third-order valence-electron chi connectivity index (χ3n) is 2.26.